The van der Waals surface area contributed by atoms with Crippen LogP contribution < -0.4 is 5.32 Å². The van der Waals surface area contributed by atoms with Crippen molar-refractivity contribution in [2.75, 3.05) is 19.6 Å². The molecular weight excluding hydrogens is 220 g/mol. The van der Waals surface area contributed by atoms with E-state index >= 15 is 0 Å². The molecule has 0 saturated heterocycles. The lowest BCUT2D eigenvalue weighted by atomic mass is 9.95. The smallest absolute Gasteiger partial charge is 0.0252 e. The molecule has 0 rings (SSSR count). The van der Waals surface area contributed by atoms with Crippen LogP contribution in [0.3, 0.4) is 0 Å². The van der Waals surface area contributed by atoms with E-state index in [1.165, 1.54) is 0 Å². The van der Waals surface area contributed by atoms with Crippen LogP contribution in [-0.4, -0.2) is 36.1 Å². The van der Waals surface area contributed by atoms with Crippen LogP contribution in [0.15, 0.2) is 12.7 Å². The molecule has 0 saturated carbocycles. The zero-order valence-electron chi connectivity index (χ0n) is 13.6. The number of hydrogen-bond acceptors (Lipinski definition) is 2. The summed E-state index contributed by atoms with van der Waals surface area (Å²) >= 11 is 0. The SMILES string of the molecule is C=CCN(C(CNCC(C)C)C(C)C)C(C)(C)C. The van der Waals surface area contributed by atoms with Gasteiger partial charge in [-0.1, -0.05) is 33.8 Å². The summed E-state index contributed by atoms with van der Waals surface area (Å²) < 4.78 is 0. The molecule has 2 heteroatoms. The van der Waals surface area contributed by atoms with Crippen LogP contribution in [0.2, 0.25) is 0 Å². The Balaban J connectivity index is 4.66. The first-order valence-corrected chi connectivity index (χ1v) is 7.28. The topological polar surface area (TPSA) is 15.3 Å². The standard InChI is InChI=1S/C16H34N2/c1-9-10-18(16(6,7)8)15(14(4)5)12-17-11-13(2)3/h9,13-15,17H,1,10-12H2,2-8H3. The average Bonchev–Trinajstić information content (AvgIpc) is 2.19. The summed E-state index contributed by atoms with van der Waals surface area (Å²) in [4.78, 5) is 2.55. The van der Waals surface area contributed by atoms with Crippen molar-refractivity contribution >= 4 is 0 Å². The van der Waals surface area contributed by atoms with Crippen LogP contribution >= 0.6 is 0 Å². The quantitative estimate of drug-likeness (QED) is 0.667. The Hall–Kier alpha value is -0.340. The van der Waals surface area contributed by atoms with E-state index in [1.54, 1.807) is 0 Å². The van der Waals surface area contributed by atoms with Gasteiger partial charge in [0, 0.05) is 24.7 Å². The van der Waals surface area contributed by atoms with Gasteiger partial charge in [0.15, 0.2) is 0 Å². The molecule has 0 aliphatic rings. The average molecular weight is 254 g/mol. The highest BCUT2D eigenvalue weighted by Crippen LogP contribution is 2.21. The van der Waals surface area contributed by atoms with Gasteiger partial charge in [-0.05, 0) is 39.2 Å². The molecule has 0 aromatic heterocycles. The highest BCUT2D eigenvalue weighted by Gasteiger charge is 2.29. The molecular formula is C16H34N2. The maximum atomic E-state index is 3.90. The Morgan fingerprint density at radius 3 is 2.00 bits per heavy atom. The van der Waals surface area contributed by atoms with E-state index in [1.807, 2.05) is 6.08 Å². The van der Waals surface area contributed by atoms with Gasteiger partial charge in [0.2, 0.25) is 0 Å². The molecule has 0 aliphatic heterocycles. The second-order valence-electron chi connectivity index (χ2n) is 6.98. The highest BCUT2D eigenvalue weighted by atomic mass is 15.2. The van der Waals surface area contributed by atoms with E-state index in [0.717, 1.165) is 19.6 Å². The van der Waals surface area contributed by atoms with Crippen molar-refractivity contribution in [3.8, 4) is 0 Å². The van der Waals surface area contributed by atoms with Crippen LogP contribution in [0.4, 0.5) is 0 Å². The van der Waals surface area contributed by atoms with E-state index in [2.05, 4.69) is 65.3 Å². The van der Waals surface area contributed by atoms with Gasteiger partial charge in [0.1, 0.15) is 0 Å². The van der Waals surface area contributed by atoms with Crippen molar-refractivity contribution in [2.45, 2.75) is 60.0 Å². The maximum Gasteiger partial charge on any atom is 0.0252 e. The van der Waals surface area contributed by atoms with Crippen molar-refractivity contribution in [3.63, 3.8) is 0 Å². The molecule has 0 radical (unpaired) electrons. The summed E-state index contributed by atoms with van der Waals surface area (Å²) in [5.41, 5.74) is 0.183. The normalized spacial score (nSPS) is 14.6. The molecule has 0 aromatic carbocycles. The van der Waals surface area contributed by atoms with Gasteiger partial charge in [0.05, 0.1) is 0 Å². The van der Waals surface area contributed by atoms with Gasteiger partial charge >= 0.3 is 0 Å². The summed E-state index contributed by atoms with van der Waals surface area (Å²) in [6.07, 6.45) is 2.02. The predicted octanol–water partition coefficient (Wildman–Crippen LogP) is 3.54. The van der Waals surface area contributed by atoms with Crippen molar-refractivity contribution in [1.82, 2.24) is 10.2 Å². The van der Waals surface area contributed by atoms with Crippen molar-refractivity contribution in [1.29, 1.82) is 0 Å². The van der Waals surface area contributed by atoms with E-state index < -0.39 is 0 Å². The van der Waals surface area contributed by atoms with E-state index in [9.17, 15) is 0 Å². The Bertz CT molecular complexity index is 226. The van der Waals surface area contributed by atoms with Crippen LogP contribution in [0.5, 0.6) is 0 Å². The molecule has 2 nitrogen and oxygen atoms in total. The first-order chi connectivity index (χ1) is 8.20. The summed E-state index contributed by atoms with van der Waals surface area (Å²) in [6, 6.07) is 0.557. The fourth-order valence-electron chi connectivity index (χ4n) is 2.27. The Kier molecular flexibility index (Phi) is 7.81. The fourth-order valence-corrected chi connectivity index (χ4v) is 2.27. The molecule has 0 heterocycles. The summed E-state index contributed by atoms with van der Waals surface area (Å²) in [7, 11) is 0. The summed E-state index contributed by atoms with van der Waals surface area (Å²) in [5, 5.41) is 3.60. The van der Waals surface area contributed by atoms with Gasteiger partial charge in [0.25, 0.3) is 0 Å². The Morgan fingerprint density at radius 1 is 1.11 bits per heavy atom. The summed E-state index contributed by atoms with van der Waals surface area (Å²) in [5.74, 6) is 1.35. The first kappa shape index (κ1) is 17.7. The minimum atomic E-state index is 0.183. The van der Waals surface area contributed by atoms with E-state index in [-0.39, 0.29) is 5.54 Å². The monoisotopic (exact) mass is 254 g/mol. The molecule has 18 heavy (non-hydrogen) atoms. The zero-order chi connectivity index (χ0) is 14.3. The fraction of sp³-hybridized carbons (Fsp3) is 0.875. The first-order valence-electron chi connectivity index (χ1n) is 7.28. The van der Waals surface area contributed by atoms with Gasteiger partial charge < -0.3 is 5.32 Å². The lowest BCUT2D eigenvalue weighted by Crippen LogP contribution is -2.54. The second-order valence-corrected chi connectivity index (χ2v) is 6.98. The highest BCUT2D eigenvalue weighted by molar-refractivity contribution is 4.90. The van der Waals surface area contributed by atoms with E-state index in [4.69, 9.17) is 0 Å². The molecule has 0 aromatic rings. The predicted molar refractivity (Wildman–Crippen MR) is 83.0 cm³/mol. The number of hydrogen-bond donors (Lipinski definition) is 1. The van der Waals surface area contributed by atoms with Crippen molar-refractivity contribution in [3.05, 3.63) is 12.7 Å². The van der Waals surface area contributed by atoms with Crippen LogP contribution in [-0.2, 0) is 0 Å². The molecule has 108 valence electrons. The molecule has 1 unspecified atom stereocenters. The van der Waals surface area contributed by atoms with Gasteiger partial charge in [-0.3, -0.25) is 4.90 Å². The van der Waals surface area contributed by atoms with Gasteiger partial charge in [-0.25, -0.2) is 0 Å². The Morgan fingerprint density at radius 2 is 1.67 bits per heavy atom. The third-order valence-corrected chi connectivity index (χ3v) is 3.26. The van der Waals surface area contributed by atoms with Gasteiger partial charge in [-0.2, -0.15) is 0 Å². The summed E-state index contributed by atoms with van der Waals surface area (Å²) in [6.45, 7) is 23.0. The molecule has 0 fully saturated rings. The zero-order valence-corrected chi connectivity index (χ0v) is 13.6. The van der Waals surface area contributed by atoms with Crippen LogP contribution in [0, 0.1) is 11.8 Å². The minimum absolute atomic E-state index is 0.183. The molecule has 0 bridgehead atoms. The lowest BCUT2D eigenvalue weighted by Gasteiger charge is -2.43. The molecule has 1 atom stereocenters. The molecule has 0 amide bonds. The number of nitrogens with one attached hydrogen (secondary N) is 1. The number of rotatable bonds is 8. The minimum Gasteiger partial charge on any atom is -0.315 e. The third kappa shape index (κ3) is 6.55. The van der Waals surface area contributed by atoms with Gasteiger partial charge in [-0.15, -0.1) is 6.58 Å². The van der Waals surface area contributed by atoms with Crippen molar-refractivity contribution in [2.24, 2.45) is 11.8 Å². The van der Waals surface area contributed by atoms with Crippen molar-refractivity contribution < 1.29 is 0 Å². The molecule has 0 spiro atoms. The Labute approximate surface area is 115 Å². The number of nitrogens with zero attached hydrogens (tertiary/aromatic N) is 1. The largest absolute Gasteiger partial charge is 0.315 e. The third-order valence-electron chi connectivity index (χ3n) is 3.26. The van der Waals surface area contributed by atoms with Crippen LogP contribution in [0.25, 0.3) is 0 Å². The second kappa shape index (κ2) is 7.96. The molecule has 1 N–H and O–H groups in total. The maximum absolute atomic E-state index is 3.90. The van der Waals surface area contributed by atoms with Crippen LogP contribution in [0.1, 0.15) is 48.5 Å². The van der Waals surface area contributed by atoms with E-state index in [0.29, 0.717) is 17.9 Å². The molecule has 0 aliphatic carbocycles. The lowest BCUT2D eigenvalue weighted by molar-refractivity contribution is 0.0691.